The predicted molar refractivity (Wildman–Crippen MR) is 109 cm³/mol. The summed E-state index contributed by atoms with van der Waals surface area (Å²) in [6, 6.07) is 10.7. The number of hydrogen-bond donors (Lipinski definition) is 1. The van der Waals surface area contributed by atoms with Crippen molar-refractivity contribution >= 4 is 5.69 Å². The summed E-state index contributed by atoms with van der Waals surface area (Å²) < 4.78 is 0. The molecule has 126 valence electrons. The van der Waals surface area contributed by atoms with Crippen LogP contribution in [-0.2, 0) is 0 Å². The minimum Gasteiger partial charge on any atom is -0.379 e. The highest BCUT2D eigenvalue weighted by Crippen LogP contribution is 2.32. The maximum atomic E-state index is 4.17. The standard InChI is InChI=1S/C24H25N/c1-3-4-9-19(2)21-10-8-11-22(18-21)20-14-16-24(17-15-20)25-23-12-6-5-7-13-23/h3-16,22,24-25H,1-2,17-18H2/b9-4-. The van der Waals surface area contributed by atoms with Crippen LogP contribution in [0.2, 0.25) is 0 Å². The third kappa shape index (κ3) is 4.60. The summed E-state index contributed by atoms with van der Waals surface area (Å²) in [4.78, 5) is 0. The maximum Gasteiger partial charge on any atom is 0.0482 e. The van der Waals surface area contributed by atoms with Gasteiger partial charge >= 0.3 is 0 Å². The molecule has 2 atom stereocenters. The lowest BCUT2D eigenvalue weighted by atomic mass is 9.83. The zero-order chi connectivity index (χ0) is 17.5. The molecular weight excluding hydrogens is 302 g/mol. The van der Waals surface area contributed by atoms with Crippen molar-refractivity contribution in [3.8, 4) is 0 Å². The Morgan fingerprint density at radius 2 is 2.00 bits per heavy atom. The van der Waals surface area contributed by atoms with Crippen LogP contribution in [-0.4, -0.2) is 6.04 Å². The van der Waals surface area contributed by atoms with Gasteiger partial charge in [0.2, 0.25) is 0 Å². The molecule has 2 unspecified atom stereocenters. The van der Waals surface area contributed by atoms with Gasteiger partial charge < -0.3 is 5.32 Å². The van der Waals surface area contributed by atoms with Crippen LogP contribution in [0.4, 0.5) is 5.69 Å². The Morgan fingerprint density at radius 3 is 2.72 bits per heavy atom. The summed E-state index contributed by atoms with van der Waals surface area (Å²) in [5.41, 5.74) is 4.93. The Bertz CT molecular complexity index is 772. The molecule has 1 heteroatoms. The highest BCUT2D eigenvalue weighted by molar-refractivity contribution is 5.48. The van der Waals surface area contributed by atoms with Gasteiger partial charge in [-0.25, -0.2) is 0 Å². The van der Waals surface area contributed by atoms with E-state index in [0.717, 1.165) is 18.4 Å². The molecule has 0 fully saturated rings. The molecule has 1 aromatic carbocycles. The molecule has 1 aromatic rings. The molecular formula is C24H25N. The minimum absolute atomic E-state index is 0.360. The van der Waals surface area contributed by atoms with E-state index in [2.05, 4.69) is 79.2 Å². The van der Waals surface area contributed by atoms with Crippen LogP contribution in [0.5, 0.6) is 0 Å². The Morgan fingerprint density at radius 1 is 1.16 bits per heavy atom. The second kappa shape index (κ2) is 8.34. The number of nitrogens with one attached hydrogen (secondary N) is 1. The van der Waals surface area contributed by atoms with Crippen molar-refractivity contribution in [3.63, 3.8) is 0 Å². The van der Waals surface area contributed by atoms with Gasteiger partial charge in [-0.2, -0.15) is 0 Å². The largest absolute Gasteiger partial charge is 0.379 e. The number of anilines is 1. The van der Waals surface area contributed by atoms with Crippen molar-refractivity contribution in [2.24, 2.45) is 5.92 Å². The first-order valence-electron chi connectivity index (χ1n) is 8.82. The molecule has 2 aliphatic rings. The lowest BCUT2D eigenvalue weighted by Gasteiger charge is -2.24. The molecule has 0 aliphatic heterocycles. The van der Waals surface area contributed by atoms with Crippen molar-refractivity contribution in [1.82, 2.24) is 0 Å². The Labute approximate surface area is 151 Å². The van der Waals surface area contributed by atoms with Crippen molar-refractivity contribution in [2.45, 2.75) is 18.9 Å². The summed E-state index contributed by atoms with van der Waals surface area (Å²) in [7, 11) is 0. The van der Waals surface area contributed by atoms with Gasteiger partial charge in [-0.05, 0) is 41.7 Å². The van der Waals surface area contributed by atoms with Gasteiger partial charge in [-0.1, -0.05) is 86.0 Å². The molecule has 0 spiro atoms. The average Bonchev–Trinajstić information content (AvgIpc) is 2.67. The van der Waals surface area contributed by atoms with Crippen LogP contribution in [0, 0.1) is 5.92 Å². The molecule has 25 heavy (non-hydrogen) atoms. The summed E-state index contributed by atoms with van der Waals surface area (Å²) in [6.45, 7) is 7.89. The molecule has 0 aromatic heterocycles. The molecule has 1 N–H and O–H groups in total. The van der Waals surface area contributed by atoms with E-state index in [-0.39, 0.29) is 0 Å². The van der Waals surface area contributed by atoms with Gasteiger partial charge in [0.1, 0.15) is 0 Å². The molecule has 0 heterocycles. The Balaban J connectivity index is 1.59. The second-order valence-corrected chi connectivity index (χ2v) is 6.42. The van der Waals surface area contributed by atoms with E-state index < -0.39 is 0 Å². The first kappa shape index (κ1) is 17.0. The molecule has 0 saturated carbocycles. The fourth-order valence-electron chi connectivity index (χ4n) is 3.20. The third-order valence-electron chi connectivity index (χ3n) is 4.61. The predicted octanol–water partition coefficient (Wildman–Crippen LogP) is 6.15. The molecule has 1 nitrogen and oxygen atoms in total. The van der Waals surface area contributed by atoms with E-state index in [1.54, 1.807) is 6.08 Å². The lowest BCUT2D eigenvalue weighted by Crippen LogP contribution is -2.19. The number of rotatable bonds is 6. The smallest absolute Gasteiger partial charge is 0.0482 e. The van der Waals surface area contributed by atoms with Crippen LogP contribution in [0.25, 0.3) is 0 Å². The monoisotopic (exact) mass is 327 g/mol. The second-order valence-electron chi connectivity index (χ2n) is 6.42. The van der Waals surface area contributed by atoms with Crippen molar-refractivity contribution in [1.29, 1.82) is 0 Å². The summed E-state index contributed by atoms with van der Waals surface area (Å²) >= 11 is 0. The topological polar surface area (TPSA) is 12.0 Å². The summed E-state index contributed by atoms with van der Waals surface area (Å²) in [5, 5.41) is 3.56. The molecule has 0 radical (unpaired) electrons. The van der Waals surface area contributed by atoms with Gasteiger partial charge in [0.15, 0.2) is 0 Å². The van der Waals surface area contributed by atoms with Gasteiger partial charge in [0, 0.05) is 17.6 Å². The Hall–Kier alpha value is -2.80. The molecule has 0 amide bonds. The number of para-hydroxylation sites is 1. The highest BCUT2D eigenvalue weighted by Gasteiger charge is 2.18. The van der Waals surface area contributed by atoms with Crippen LogP contribution in [0.15, 0.2) is 115 Å². The van der Waals surface area contributed by atoms with E-state index in [0.29, 0.717) is 12.0 Å². The number of hydrogen-bond acceptors (Lipinski definition) is 1. The third-order valence-corrected chi connectivity index (χ3v) is 4.61. The zero-order valence-electron chi connectivity index (χ0n) is 14.6. The van der Waals surface area contributed by atoms with Gasteiger partial charge in [0.25, 0.3) is 0 Å². The van der Waals surface area contributed by atoms with Gasteiger partial charge in [-0.3, -0.25) is 0 Å². The van der Waals surface area contributed by atoms with Crippen LogP contribution < -0.4 is 5.32 Å². The van der Waals surface area contributed by atoms with Crippen LogP contribution in [0.1, 0.15) is 12.8 Å². The molecule has 2 aliphatic carbocycles. The number of allylic oxidation sites excluding steroid dienone is 10. The molecule has 0 saturated heterocycles. The maximum absolute atomic E-state index is 4.17. The summed E-state index contributed by atoms with van der Waals surface area (Å²) in [6.07, 6.45) is 21.3. The SMILES string of the molecule is C=C/C=C\C(=C)C1=CC=CC(C2=CCC(Nc3ccccc3)C=C2)C1. The fourth-order valence-corrected chi connectivity index (χ4v) is 3.20. The Kier molecular flexibility index (Phi) is 5.69. The van der Waals surface area contributed by atoms with E-state index in [1.165, 1.54) is 16.8 Å². The van der Waals surface area contributed by atoms with Crippen molar-refractivity contribution in [3.05, 3.63) is 115 Å². The van der Waals surface area contributed by atoms with Gasteiger partial charge in [0.05, 0.1) is 0 Å². The van der Waals surface area contributed by atoms with Crippen molar-refractivity contribution < 1.29 is 0 Å². The first-order chi connectivity index (χ1) is 12.3. The zero-order valence-corrected chi connectivity index (χ0v) is 14.6. The van der Waals surface area contributed by atoms with E-state index in [1.807, 2.05) is 18.2 Å². The average molecular weight is 327 g/mol. The van der Waals surface area contributed by atoms with Crippen LogP contribution >= 0.6 is 0 Å². The normalized spacial score (nSPS) is 22.4. The van der Waals surface area contributed by atoms with E-state index in [9.17, 15) is 0 Å². The highest BCUT2D eigenvalue weighted by atomic mass is 14.9. The quantitative estimate of drug-likeness (QED) is 0.617. The van der Waals surface area contributed by atoms with E-state index in [4.69, 9.17) is 0 Å². The lowest BCUT2D eigenvalue weighted by molar-refractivity contribution is 0.738. The molecule has 3 rings (SSSR count). The van der Waals surface area contributed by atoms with E-state index >= 15 is 0 Å². The van der Waals surface area contributed by atoms with Crippen molar-refractivity contribution in [2.75, 3.05) is 5.32 Å². The first-order valence-corrected chi connectivity index (χ1v) is 8.82. The minimum atomic E-state index is 0.360. The summed E-state index contributed by atoms with van der Waals surface area (Å²) in [5.74, 6) is 0.433. The van der Waals surface area contributed by atoms with Crippen LogP contribution in [0.3, 0.4) is 0 Å². The number of benzene rings is 1. The fraction of sp³-hybridized carbons (Fsp3) is 0.167. The molecule has 0 bridgehead atoms. The van der Waals surface area contributed by atoms with Gasteiger partial charge in [-0.15, -0.1) is 0 Å².